The number of benzene rings is 1. The van der Waals surface area contributed by atoms with Gasteiger partial charge in [0, 0.05) is 36.3 Å². The number of nitrogens with zero attached hydrogens (tertiary/aromatic N) is 2. The van der Waals surface area contributed by atoms with E-state index >= 15 is 0 Å². The lowest BCUT2D eigenvalue weighted by Crippen LogP contribution is -2.21. The minimum absolute atomic E-state index is 0.0406. The molecule has 1 fully saturated rings. The second kappa shape index (κ2) is 5.00. The van der Waals surface area contributed by atoms with Gasteiger partial charge in [-0.2, -0.15) is 0 Å². The fourth-order valence-electron chi connectivity index (χ4n) is 2.04. The van der Waals surface area contributed by atoms with Crippen molar-refractivity contribution in [1.29, 1.82) is 0 Å². The number of β-amino-alcohol motifs (C(OH)–C–C–N with tert-alkyl or cyclic N) is 1. The normalized spacial score (nSPS) is 20.7. The second-order valence-electron chi connectivity index (χ2n) is 4.21. The molecule has 6 heteroatoms. The number of aliphatic hydroxyl groups excluding tert-OH is 1. The summed E-state index contributed by atoms with van der Waals surface area (Å²) in [5, 5.41) is 20.7. The van der Waals surface area contributed by atoms with Crippen molar-refractivity contribution >= 4 is 17.3 Å². The molecular weight excluding hydrogens is 244 g/mol. The van der Waals surface area contributed by atoms with E-state index < -0.39 is 4.92 Å². The van der Waals surface area contributed by atoms with Crippen LogP contribution in [0.3, 0.4) is 0 Å². The molecular formula is C11H13ClN2O3. The highest BCUT2D eigenvalue weighted by Gasteiger charge is 2.23. The number of halogens is 1. The highest BCUT2D eigenvalue weighted by molar-refractivity contribution is 6.30. The molecule has 92 valence electrons. The highest BCUT2D eigenvalue weighted by atomic mass is 35.5. The standard InChI is InChI=1S/C11H13ClN2O3/c12-9-2-1-8(11(5-9)14(16)17)6-13-4-3-10(15)7-13/h1-2,5,10,15H,3-4,6-7H2/t10-/m0/s1. The zero-order chi connectivity index (χ0) is 12.4. The first-order chi connectivity index (χ1) is 8.06. The van der Waals surface area contributed by atoms with Crippen molar-refractivity contribution in [3.05, 3.63) is 38.9 Å². The Morgan fingerprint density at radius 1 is 1.59 bits per heavy atom. The molecule has 0 unspecified atom stereocenters. The number of nitro groups is 1. The lowest BCUT2D eigenvalue weighted by Gasteiger charge is -2.14. The number of likely N-dealkylation sites (tertiary alicyclic amines) is 1. The van der Waals surface area contributed by atoms with Crippen LogP contribution in [0.5, 0.6) is 0 Å². The third-order valence-corrected chi connectivity index (χ3v) is 3.12. The summed E-state index contributed by atoms with van der Waals surface area (Å²) >= 11 is 5.74. The molecule has 17 heavy (non-hydrogen) atoms. The Morgan fingerprint density at radius 3 is 2.94 bits per heavy atom. The van der Waals surface area contributed by atoms with Crippen LogP contribution < -0.4 is 0 Å². The summed E-state index contributed by atoms with van der Waals surface area (Å²) in [6.07, 6.45) is 0.405. The molecule has 0 aliphatic carbocycles. The van der Waals surface area contributed by atoms with Crippen LogP contribution >= 0.6 is 11.6 Å². The molecule has 2 rings (SSSR count). The Labute approximate surface area is 104 Å². The Morgan fingerprint density at radius 2 is 2.35 bits per heavy atom. The predicted molar refractivity (Wildman–Crippen MR) is 64.0 cm³/mol. The third kappa shape index (κ3) is 2.94. The van der Waals surface area contributed by atoms with Crippen molar-refractivity contribution in [2.45, 2.75) is 19.1 Å². The van der Waals surface area contributed by atoms with E-state index in [-0.39, 0.29) is 11.8 Å². The molecule has 1 heterocycles. The summed E-state index contributed by atoms with van der Waals surface area (Å²) in [5.41, 5.74) is 0.674. The molecule has 0 radical (unpaired) electrons. The van der Waals surface area contributed by atoms with Crippen molar-refractivity contribution in [2.75, 3.05) is 13.1 Å². The third-order valence-electron chi connectivity index (χ3n) is 2.89. The first kappa shape index (κ1) is 12.3. The van der Waals surface area contributed by atoms with Crippen molar-refractivity contribution in [3.63, 3.8) is 0 Å². The van der Waals surface area contributed by atoms with E-state index in [9.17, 15) is 15.2 Å². The van der Waals surface area contributed by atoms with Crippen LogP contribution in [0, 0.1) is 10.1 Å². The van der Waals surface area contributed by atoms with E-state index in [2.05, 4.69) is 0 Å². The van der Waals surface area contributed by atoms with Gasteiger partial charge in [0.2, 0.25) is 0 Å². The van der Waals surface area contributed by atoms with E-state index in [4.69, 9.17) is 11.6 Å². The lowest BCUT2D eigenvalue weighted by molar-refractivity contribution is -0.385. The lowest BCUT2D eigenvalue weighted by atomic mass is 10.1. The molecule has 1 N–H and O–H groups in total. The van der Waals surface area contributed by atoms with E-state index in [1.165, 1.54) is 6.07 Å². The minimum atomic E-state index is -0.423. The predicted octanol–water partition coefficient (Wildman–Crippen LogP) is 1.81. The number of aliphatic hydroxyl groups is 1. The summed E-state index contributed by atoms with van der Waals surface area (Å²) in [6.45, 7) is 1.81. The van der Waals surface area contributed by atoms with Gasteiger partial charge in [0.15, 0.2) is 0 Å². The maximum Gasteiger partial charge on any atom is 0.275 e. The van der Waals surface area contributed by atoms with Crippen molar-refractivity contribution < 1.29 is 10.0 Å². The molecule has 1 saturated heterocycles. The van der Waals surface area contributed by atoms with Gasteiger partial charge >= 0.3 is 0 Å². The van der Waals surface area contributed by atoms with Crippen LogP contribution in [0.25, 0.3) is 0 Å². The van der Waals surface area contributed by atoms with Crippen molar-refractivity contribution in [2.24, 2.45) is 0 Å². The number of rotatable bonds is 3. The molecule has 0 amide bonds. The monoisotopic (exact) mass is 256 g/mol. The van der Waals surface area contributed by atoms with Gasteiger partial charge in [0.05, 0.1) is 11.0 Å². The Kier molecular flexibility index (Phi) is 3.61. The van der Waals surface area contributed by atoms with Gasteiger partial charge in [-0.05, 0) is 18.6 Å². The van der Waals surface area contributed by atoms with E-state index in [1.807, 2.05) is 4.90 Å². The highest BCUT2D eigenvalue weighted by Crippen LogP contribution is 2.25. The first-order valence-electron chi connectivity index (χ1n) is 5.39. The number of hydrogen-bond donors (Lipinski definition) is 1. The van der Waals surface area contributed by atoms with Crippen LogP contribution in [0.2, 0.25) is 5.02 Å². The van der Waals surface area contributed by atoms with Gasteiger partial charge in [0.1, 0.15) is 0 Å². The molecule has 1 atom stereocenters. The Bertz CT molecular complexity index is 439. The summed E-state index contributed by atoms with van der Waals surface area (Å²) in [4.78, 5) is 12.5. The fraction of sp³-hybridized carbons (Fsp3) is 0.455. The zero-order valence-corrected chi connectivity index (χ0v) is 9.93. The van der Waals surface area contributed by atoms with Gasteiger partial charge in [-0.25, -0.2) is 0 Å². The van der Waals surface area contributed by atoms with Crippen LogP contribution in [0.4, 0.5) is 5.69 Å². The first-order valence-corrected chi connectivity index (χ1v) is 5.77. The molecule has 0 bridgehead atoms. The Balaban J connectivity index is 2.17. The van der Waals surface area contributed by atoms with E-state index in [1.54, 1.807) is 12.1 Å². The van der Waals surface area contributed by atoms with Crippen LogP contribution in [-0.2, 0) is 6.54 Å². The number of nitro benzene ring substituents is 1. The Hall–Kier alpha value is -1.17. The van der Waals surface area contributed by atoms with Gasteiger partial charge in [-0.15, -0.1) is 0 Å². The van der Waals surface area contributed by atoms with Gasteiger partial charge in [0.25, 0.3) is 5.69 Å². The van der Waals surface area contributed by atoms with Gasteiger partial charge in [-0.3, -0.25) is 15.0 Å². The summed E-state index contributed by atoms with van der Waals surface area (Å²) in [5.74, 6) is 0. The molecule has 1 aromatic rings. The summed E-state index contributed by atoms with van der Waals surface area (Å²) < 4.78 is 0. The molecule has 0 aromatic heterocycles. The molecule has 0 spiro atoms. The maximum absolute atomic E-state index is 10.9. The molecule has 5 nitrogen and oxygen atoms in total. The average Bonchev–Trinajstić information content (AvgIpc) is 2.66. The van der Waals surface area contributed by atoms with Crippen LogP contribution in [0.15, 0.2) is 18.2 Å². The SMILES string of the molecule is O=[N+]([O-])c1cc(Cl)ccc1CN1CC[C@H](O)C1. The van der Waals surface area contributed by atoms with E-state index in [0.29, 0.717) is 23.7 Å². The quantitative estimate of drug-likeness (QED) is 0.662. The van der Waals surface area contributed by atoms with Gasteiger partial charge in [-0.1, -0.05) is 11.6 Å². The van der Waals surface area contributed by atoms with Crippen molar-refractivity contribution in [1.82, 2.24) is 4.90 Å². The summed E-state index contributed by atoms with van der Waals surface area (Å²) in [7, 11) is 0. The maximum atomic E-state index is 10.9. The largest absolute Gasteiger partial charge is 0.392 e. The zero-order valence-electron chi connectivity index (χ0n) is 9.17. The second-order valence-corrected chi connectivity index (χ2v) is 4.64. The molecule has 1 aliphatic rings. The molecule has 1 aliphatic heterocycles. The minimum Gasteiger partial charge on any atom is -0.392 e. The summed E-state index contributed by atoms with van der Waals surface area (Å²) in [6, 6.07) is 4.69. The van der Waals surface area contributed by atoms with Crippen LogP contribution in [0.1, 0.15) is 12.0 Å². The van der Waals surface area contributed by atoms with Gasteiger partial charge < -0.3 is 5.11 Å². The van der Waals surface area contributed by atoms with E-state index in [0.717, 1.165) is 13.0 Å². The average molecular weight is 257 g/mol. The molecule has 0 saturated carbocycles. The van der Waals surface area contributed by atoms with Crippen LogP contribution in [-0.4, -0.2) is 34.1 Å². The number of hydrogen-bond acceptors (Lipinski definition) is 4. The van der Waals surface area contributed by atoms with Crippen molar-refractivity contribution in [3.8, 4) is 0 Å². The molecule has 1 aromatic carbocycles. The fourth-order valence-corrected chi connectivity index (χ4v) is 2.20. The topological polar surface area (TPSA) is 66.6 Å². The smallest absolute Gasteiger partial charge is 0.275 e.